The van der Waals surface area contributed by atoms with Crippen LogP contribution in [0.15, 0.2) is 71.9 Å². The number of amides is 1. The van der Waals surface area contributed by atoms with Crippen LogP contribution in [0.4, 0.5) is 0 Å². The number of piperazine rings is 1. The minimum absolute atomic E-state index is 0.104. The van der Waals surface area contributed by atoms with Crippen LogP contribution in [0.25, 0.3) is 16.5 Å². The average molecular weight is 489 g/mol. The molecule has 0 unspecified atom stereocenters. The van der Waals surface area contributed by atoms with Crippen molar-refractivity contribution in [2.75, 3.05) is 38.5 Å². The van der Waals surface area contributed by atoms with Gasteiger partial charge in [-0.3, -0.25) is 9.69 Å². The number of aromatic nitrogens is 4. The van der Waals surface area contributed by atoms with Crippen molar-refractivity contribution in [1.82, 2.24) is 30.0 Å². The van der Waals surface area contributed by atoms with Gasteiger partial charge in [-0.15, -0.1) is 5.10 Å². The summed E-state index contributed by atoms with van der Waals surface area (Å²) in [6.45, 7) is 6.55. The third-order valence-electron chi connectivity index (χ3n) is 6.16. The number of nitrogens with zero attached hydrogens (tertiary/aromatic N) is 6. The molecule has 1 amide bonds. The molecule has 2 heterocycles. The van der Waals surface area contributed by atoms with Crippen LogP contribution in [-0.4, -0.2) is 74.5 Å². The quantitative estimate of drug-likeness (QED) is 0.351. The molecule has 1 aromatic heterocycles. The molecule has 5 rings (SSSR count). The lowest BCUT2D eigenvalue weighted by atomic mass is 10.0. The maximum atomic E-state index is 12.9. The summed E-state index contributed by atoms with van der Waals surface area (Å²) in [6.07, 6.45) is 0. The van der Waals surface area contributed by atoms with Crippen molar-refractivity contribution < 1.29 is 9.53 Å². The summed E-state index contributed by atoms with van der Waals surface area (Å²) in [7, 11) is 0. The largest absolute Gasteiger partial charge is 0.492 e. The van der Waals surface area contributed by atoms with Crippen LogP contribution in [0.3, 0.4) is 0 Å². The molecule has 1 fully saturated rings. The lowest BCUT2D eigenvalue weighted by Crippen LogP contribution is -2.48. The minimum Gasteiger partial charge on any atom is -0.492 e. The first-order valence-corrected chi connectivity index (χ1v) is 12.8. The van der Waals surface area contributed by atoms with E-state index < -0.39 is 0 Å². The molecule has 0 saturated carbocycles. The molecule has 8 nitrogen and oxygen atoms in total. The SMILES string of the molecule is CCOc1ccccc1-n1nnnc1SCC(=O)N1CCN(Cc2cccc3ccccc23)CC1. The second-order valence-electron chi connectivity index (χ2n) is 8.36. The third-order valence-corrected chi connectivity index (χ3v) is 7.06. The summed E-state index contributed by atoms with van der Waals surface area (Å²) in [5.41, 5.74) is 2.09. The number of thioether (sulfide) groups is 1. The second kappa shape index (κ2) is 10.9. The van der Waals surface area contributed by atoms with Crippen molar-refractivity contribution in [2.24, 2.45) is 0 Å². The predicted octanol–water partition coefficient (Wildman–Crippen LogP) is 3.65. The Morgan fingerprint density at radius 1 is 0.971 bits per heavy atom. The van der Waals surface area contributed by atoms with E-state index in [0.717, 1.165) is 38.4 Å². The van der Waals surface area contributed by atoms with E-state index in [1.54, 1.807) is 4.68 Å². The topological polar surface area (TPSA) is 76.4 Å². The number of fused-ring (bicyclic) bond motifs is 1. The number of hydrogen-bond acceptors (Lipinski definition) is 7. The summed E-state index contributed by atoms with van der Waals surface area (Å²) in [6, 6.07) is 22.6. The van der Waals surface area contributed by atoms with Gasteiger partial charge in [-0.2, -0.15) is 4.68 Å². The van der Waals surface area contributed by atoms with Gasteiger partial charge in [0.15, 0.2) is 0 Å². The molecule has 35 heavy (non-hydrogen) atoms. The molecule has 0 bridgehead atoms. The number of rotatable bonds is 8. The zero-order valence-corrected chi connectivity index (χ0v) is 20.5. The summed E-state index contributed by atoms with van der Waals surface area (Å²) in [5.74, 6) is 1.10. The van der Waals surface area contributed by atoms with Gasteiger partial charge in [0, 0.05) is 32.7 Å². The number of benzene rings is 3. The molecule has 3 aromatic carbocycles. The lowest BCUT2D eigenvalue weighted by molar-refractivity contribution is -0.130. The van der Waals surface area contributed by atoms with Crippen molar-refractivity contribution in [3.8, 4) is 11.4 Å². The van der Waals surface area contributed by atoms with Gasteiger partial charge in [-0.25, -0.2) is 0 Å². The van der Waals surface area contributed by atoms with Gasteiger partial charge in [0.05, 0.1) is 12.4 Å². The fourth-order valence-corrected chi connectivity index (χ4v) is 5.16. The lowest BCUT2D eigenvalue weighted by Gasteiger charge is -2.35. The van der Waals surface area contributed by atoms with E-state index in [1.165, 1.54) is 28.1 Å². The van der Waals surface area contributed by atoms with Gasteiger partial charge in [0.25, 0.3) is 0 Å². The van der Waals surface area contributed by atoms with Crippen molar-refractivity contribution in [1.29, 1.82) is 0 Å². The molecular formula is C26H28N6O2S. The molecule has 0 atom stereocenters. The van der Waals surface area contributed by atoms with Crippen LogP contribution < -0.4 is 4.74 Å². The fourth-order valence-electron chi connectivity index (χ4n) is 4.37. The first-order valence-electron chi connectivity index (χ1n) is 11.8. The summed E-state index contributed by atoms with van der Waals surface area (Å²) >= 11 is 1.35. The number of hydrogen-bond donors (Lipinski definition) is 0. The van der Waals surface area contributed by atoms with E-state index >= 15 is 0 Å². The van der Waals surface area contributed by atoms with E-state index in [1.807, 2.05) is 36.1 Å². The number of ether oxygens (including phenoxy) is 1. The molecule has 1 aliphatic rings. The Morgan fingerprint density at radius 2 is 1.74 bits per heavy atom. The van der Waals surface area contributed by atoms with Gasteiger partial charge < -0.3 is 9.64 Å². The first kappa shape index (κ1) is 23.3. The second-order valence-corrected chi connectivity index (χ2v) is 9.30. The van der Waals surface area contributed by atoms with E-state index in [2.05, 4.69) is 62.9 Å². The van der Waals surface area contributed by atoms with E-state index in [4.69, 9.17) is 4.74 Å². The molecule has 0 aliphatic carbocycles. The van der Waals surface area contributed by atoms with Crippen molar-refractivity contribution in [3.05, 3.63) is 72.3 Å². The van der Waals surface area contributed by atoms with Crippen LogP contribution in [0.2, 0.25) is 0 Å². The Balaban J connectivity index is 1.16. The highest BCUT2D eigenvalue weighted by Crippen LogP contribution is 2.26. The summed E-state index contributed by atoms with van der Waals surface area (Å²) in [5, 5.41) is 15.2. The van der Waals surface area contributed by atoms with Gasteiger partial charge in [0.1, 0.15) is 11.4 Å². The van der Waals surface area contributed by atoms with E-state index in [9.17, 15) is 4.79 Å². The van der Waals surface area contributed by atoms with Gasteiger partial charge >= 0.3 is 0 Å². The predicted molar refractivity (Wildman–Crippen MR) is 137 cm³/mol. The normalized spacial score (nSPS) is 14.4. The number of carbonyl (C=O) groups excluding carboxylic acids is 1. The molecule has 1 saturated heterocycles. The van der Waals surface area contributed by atoms with Crippen LogP contribution in [0.1, 0.15) is 12.5 Å². The van der Waals surface area contributed by atoms with Crippen molar-refractivity contribution in [3.63, 3.8) is 0 Å². The van der Waals surface area contributed by atoms with Gasteiger partial charge in [0.2, 0.25) is 11.1 Å². The van der Waals surface area contributed by atoms with E-state index in [0.29, 0.717) is 23.3 Å². The molecule has 180 valence electrons. The maximum absolute atomic E-state index is 12.9. The highest BCUT2D eigenvalue weighted by Gasteiger charge is 2.23. The number of carbonyl (C=O) groups is 1. The molecule has 0 N–H and O–H groups in total. The highest BCUT2D eigenvalue weighted by atomic mass is 32.2. The Labute approximate surface area is 208 Å². The molecule has 0 spiro atoms. The number of tetrazole rings is 1. The zero-order valence-electron chi connectivity index (χ0n) is 19.7. The monoisotopic (exact) mass is 488 g/mol. The van der Waals surface area contributed by atoms with Crippen molar-refractivity contribution in [2.45, 2.75) is 18.6 Å². The van der Waals surface area contributed by atoms with Crippen LogP contribution in [0.5, 0.6) is 5.75 Å². The molecule has 9 heteroatoms. The average Bonchev–Trinajstić information content (AvgIpc) is 3.37. The Kier molecular flexibility index (Phi) is 7.25. The van der Waals surface area contributed by atoms with Crippen molar-refractivity contribution >= 4 is 28.4 Å². The zero-order chi connectivity index (χ0) is 24.0. The summed E-state index contributed by atoms with van der Waals surface area (Å²) < 4.78 is 7.34. The van der Waals surface area contributed by atoms with Crippen LogP contribution >= 0.6 is 11.8 Å². The molecule has 4 aromatic rings. The standard InChI is InChI=1S/C26H28N6O2S/c1-2-34-24-13-6-5-12-23(24)32-26(27-28-29-32)35-19-25(33)31-16-14-30(15-17-31)18-21-10-7-9-20-8-3-4-11-22(20)21/h3-13H,2,14-19H2,1H3. The van der Waals surface area contributed by atoms with Crippen LogP contribution in [-0.2, 0) is 11.3 Å². The smallest absolute Gasteiger partial charge is 0.233 e. The molecular weight excluding hydrogens is 460 g/mol. The Bertz CT molecular complexity index is 1300. The Morgan fingerprint density at radius 3 is 2.60 bits per heavy atom. The van der Waals surface area contributed by atoms with Gasteiger partial charge in [-0.05, 0) is 45.8 Å². The summed E-state index contributed by atoms with van der Waals surface area (Å²) in [4.78, 5) is 17.3. The molecule has 0 radical (unpaired) electrons. The maximum Gasteiger partial charge on any atom is 0.233 e. The Hall–Kier alpha value is -3.43. The van der Waals surface area contributed by atoms with Gasteiger partial charge in [-0.1, -0.05) is 66.4 Å². The minimum atomic E-state index is 0.104. The number of para-hydroxylation sites is 2. The first-order chi connectivity index (χ1) is 17.2. The fraction of sp³-hybridized carbons (Fsp3) is 0.308. The van der Waals surface area contributed by atoms with Crippen LogP contribution in [0, 0.1) is 0 Å². The highest BCUT2D eigenvalue weighted by molar-refractivity contribution is 7.99. The molecule has 1 aliphatic heterocycles. The third kappa shape index (κ3) is 5.31. The van der Waals surface area contributed by atoms with E-state index in [-0.39, 0.29) is 5.91 Å².